The number of amides is 2. The summed E-state index contributed by atoms with van der Waals surface area (Å²) in [6.45, 7) is 0.966. The topological polar surface area (TPSA) is 105 Å². The number of nitrogens with one attached hydrogen (secondary N) is 1. The van der Waals surface area contributed by atoms with E-state index >= 15 is 0 Å². The molecule has 1 N–H and O–H groups in total. The van der Waals surface area contributed by atoms with Gasteiger partial charge in [0.25, 0.3) is 10.0 Å². The van der Waals surface area contributed by atoms with Gasteiger partial charge in [0.1, 0.15) is 12.6 Å². The van der Waals surface area contributed by atoms with Crippen LogP contribution in [0.25, 0.3) is 0 Å². The summed E-state index contributed by atoms with van der Waals surface area (Å²) in [5.74, 6) is -0.559. The molecular weight excluding hydrogens is 613 g/mol. The van der Waals surface area contributed by atoms with Crippen LogP contribution in [0.2, 0.25) is 15.1 Å². The summed E-state index contributed by atoms with van der Waals surface area (Å²) in [6.07, 6.45) is 0.247. The van der Waals surface area contributed by atoms with E-state index in [1.54, 1.807) is 25.1 Å². The number of benzene rings is 3. The number of sulfonamides is 1. The summed E-state index contributed by atoms with van der Waals surface area (Å²) >= 11 is 18.9. The van der Waals surface area contributed by atoms with E-state index in [9.17, 15) is 18.0 Å². The first kappa shape index (κ1) is 32.3. The summed E-state index contributed by atoms with van der Waals surface area (Å²) < 4.78 is 39.6. The van der Waals surface area contributed by atoms with E-state index in [4.69, 9.17) is 44.3 Å². The minimum Gasteiger partial charge on any atom is -0.493 e. The Morgan fingerprint density at radius 1 is 0.927 bits per heavy atom. The Labute approximate surface area is 254 Å². The molecule has 0 fully saturated rings. The van der Waals surface area contributed by atoms with Gasteiger partial charge in [-0.25, -0.2) is 8.42 Å². The molecule has 0 saturated carbocycles. The van der Waals surface area contributed by atoms with Gasteiger partial charge in [-0.15, -0.1) is 0 Å². The summed E-state index contributed by atoms with van der Waals surface area (Å²) in [6, 6.07) is 14.1. The zero-order valence-electron chi connectivity index (χ0n) is 22.9. The van der Waals surface area contributed by atoms with Crippen molar-refractivity contribution in [1.29, 1.82) is 0 Å². The van der Waals surface area contributed by atoms with Gasteiger partial charge in [0, 0.05) is 40.3 Å². The third-order valence-electron chi connectivity index (χ3n) is 6.36. The number of ether oxygens (including phenoxy) is 2. The van der Waals surface area contributed by atoms with E-state index in [-0.39, 0.29) is 29.3 Å². The first-order chi connectivity index (χ1) is 19.5. The first-order valence-corrected chi connectivity index (χ1v) is 15.0. The van der Waals surface area contributed by atoms with Gasteiger partial charge in [-0.3, -0.25) is 13.9 Å². The van der Waals surface area contributed by atoms with Gasteiger partial charge in [0.2, 0.25) is 11.8 Å². The Kier molecular flexibility index (Phi) is 11.1. The fourth-order valence-electron chi connectivity index (χ4n) is 4.18. The van der Waals surface area contributed by atoms with Gasteiger partial charge >= 0.3 is 0 Å². The predicted molar refractivity (Wildman–Crippen MR) is 161 cm³/mol. The van der Waals surface area contributed by atoms with Gasteiger partial charge in [-0.05, 0) is 55.0 Å². The number of nitrogens with zero attached hydrogens (tertiary/aromatic N) is 2. The van der Waals surface area contributed by atoms with Crippen molar-refractivity contribution >= 4 is 62.3 Å². The lowest BCUT2D eigenvalue weighted by Crippen LogP contribution is -2.51. The van der Waals surface area contributed by atoms with Crippen LogP contribution in [0.4, 0.5) is 5.69 Å². The highest BCUT2D eigenvalue weighted by Gasteiger charge is 2.34. The molecule has 0 spiro atoms. The van der Waals surface area contributed by atoms with Crippen molar-refractivity contribution in [3.8, 4) is 11.5 Å². The zero-order chi connectivity index (χ0) is 30.3. The molecule has 0 saturated heterocycles. The van der Waals surface area contributed by atoms with Crippen molar-refractivity contribution in [2.24, 2.45) is 0 Å². The van der Waals surface area contributed by atoms with Gasteiger partial charge in [0.15, 0.2) is 11.5 Å². The fourth-order valence-corrected chi connectivity index (χ4v) is 6.25. The summed E-state index contributed by atoms with van der Waals surface area (Å²) in [7, 11) is -0.0733. The van der Waals surface area contributed by atoms with Crippen LogP contribution in [0.5, 0.6) is 11.5 Å². The summed E-state index contributed by atoms with van der Waals surface area (Å²) in [4.78, 5) is 28.0. The lowest BCUT2D eigenvalue weighted by molar-refractivity contribution is -0.140. The van der Waals surface area contributed by atoms with Crippen LogP contribution in [-0.4, -0.2) is 59.0 Å². The van der Waals surface area contributed by atoms with Crippen LogP contribution >= 0.6 is 34.8 Å². The average molecular weight is 643 g/mol. The van der Waals surface area contributed by atoms with E-state index in [0.29, 0.717) is 26.4 Å². The molecule has 0 aliphatic carbocycles. The van der Waals surface area contributed by atoms with Crippen molar-refractivity contribution < 1.29 is 27.5 Å². The third-order valence-corrected chi connectivity index (χ3v) is 9.09. The van der Waals surface area contributed by atoms with Gasteiger partial charge < -0.3 is 19.7 Å². The molecule has 0 aliphatic rings. The second-order valence-corrected chi connectivity index (χ2v) is 11.9. The normalized spacial score (nSPS) is 11.9. The summed E-state index contributed by atoms with van der Waals surface area (Å²) in [5, 5.41) is 3.55. The molecule has 0 unspecified atom stereocenters. The van der Waals surface area contributed by atoms with Crippen molar-refractivity contribution in [2.75, 3.05) is 32.1 Å². The van der Waals surface area contributed by atoms with Crippen LogP contribution in [0.3, 0.4) is 0 Å². The predicted octanol–water partition coefficient (Wildman–Crippen LogP) is 5.41. The number of rotatable bonds is 12. The number of anilines is 1. The quantitative estimate of drug-likeness (QED) is 0.283. The van der Waals surface area contributed by atoms with E-state index in [1.165, 1.54) is 68.6 Å². The minimum absolute atomic E-state index is 0.131. The maximum absolute atomic E-state index is 14.0. The Hall–Kier alpha value is -3.18. The Bertz CT molecular complexity index is 1480. The molecule has 41 heavy (non-hydrogen) atoms. The van der Waals surface area contributed by atoms with Crippen molar-refractivity contribution in [1.82, 2.24) is 10.2 Å². The maximum Gasteiger partial charge on any atom is 0.264 e. The Morgan fingerprint density at radius 2 is 1.54 bits per heavy atom. The van der Waals surface area contributed by atoms with Crippen LogP contribution in [0, 0.1) is 0 Å². The van der Waals surface area contributed by atoms with Crippen LogP contribution in [-0.2, 0) is 26.2 Å². The number of carbonyl (C=O) groups excluding carboxylic acids is 2. The molecule has 0 aromatic heterocycles. The van der Waals surface area contributed by atoms with Gasteiger partial charge in [0.05, 0.1) is 24.8 Å². The van der Waals surface area contributed by atoms with Crippen molar-refractivity contribution in [3.05, 3.63) is 81.3 Å². The highest BCUT2D eigenvalue weighted by molar-refractivity contribution is 7.92. The second-order valence-electron chi connectivity index (χ2n) is 8.77. The Balaban J connectivity index is 2.13. The van der Waals surface area contributed by atoms with Crippen molar-refractivity contribution in [2.45, 2.75) is 30.8 Å². The monoisotopic (exact) mass is 641 g/mol. The maximum atomic E-state index is 14.0. The third kappa shape index (κ3) is 7.37. The molecular formula is C28H30Cl3N3O6S. The number of carbonyl (C=O) groups is 2. The van der Waals surface area contributed by atoms with Crippen LogP contribution < -0.4 is 19.1 Å². The van der Waals surface area contributed by atoms with E-state index < -0.39 is 34.4 Å². The Morgan fingerprint density at radius 3 is 2.07 bits per heavy atom. The van der Waals surface area contributed by atoms with Gasteiger partial charge in [-0.2, -0.15) is 0 Å². The molecule has 0 bridgehead atoms. The smallest absolute Gasteiger partial charge is 0.264 e. The molecule has 220 valence electrons. The number of likely N-dealkylation sites (N-methyl/N-ethyl adjacent to an activating group) is 1. The van der Waals surface area contributed by atoms with E-state index in [0.717, 1.165) is 4.31 Å². The largest absolute Gasteiger partial charge is 0.493 e. The number of halogens is 3. The molecule has 0 heterocycles. The van der Waals surface area contributed by atoms with E-state index in [2.05, 4.69) is 5.32 Å². The van der Waals surface area contributed by atoms with Crippen LogP contribution in [0.1, 0.15) is 18.9 Å². The molecule has 9 nitrogen and oxygen atoms in total. The van der Waals surface area contributed by atoms with Crippen LogP contribution in [0.15, 0.2) is 65.6 Å². The average Bonchev–Trinajstić information content (AvgIpc) is 2.96. The number of hydrogen-bond acceptors (Lipinski definition) is 6. The lowest BCUT2D eigenvalue weighted by Gasteiger charge is -2.33. The molecule has 0 aliphatic heterocycles. The molecule has 3 aromatic rings. The molecule has 0 radical (unpaired) electrons. The molecule has 3 aromatic carbocycles. The summed E-state index contributed by atoms with van der Waals surface area (Å²) in [5.41, 5.74) is 0.605. The zero-order valence-corrected chi connectivity index (χ0v) is 25.9. The highest BCUT2D eigenvalue weighted by Crippen LogP contribution is 2.33. The van der Waals surface area contributed by atoms with E-state index in [1.807, 2.05) is 0 Å². The molecule has 3 rings (SSSR count). The number of methoxy groups -OCH3 is 2. The first-order valence-electron chi connectivity index (χ1n) is 12.4. The fraction of sp³-hybridized carbons (Fsp3) is 0.286. The molecule has 13 heteroatoms. The number of hydrogen-bond donors (Lipinski definition) is 1. The standard InChI is InChI=1S/C28H30Cl3N3O6S/c1-5-24(28(36)32-2)33(16-21-22(30)7-6-8-23(21)31)27(35)17-34(19-11-9-18(29)10-12-19)41(37,38)20-13-14-25(39-3)26(15-20)40-4/h6-15,24H,5,16-17H2,1-4H3,(H,32,36)/t24-/m0/s1. The highest BCUT2D eigenvalue weighted by atomic mass is 35.5. The molecule has 2 amide bonds. The van der Waals surface area contributed by atoms with Crippen molar-refractivity contribution in [3.63, 3.8) is 0 Å². The second kappa shape index (κ2) is 14.1. The van der Waals surface area contributed by atoms with Gasteiger partial charge in [-0.1, -0.05) is 47.8 Å². The SMILES string of the molecule is CC[C@@H](C(=O)NC)N(Cc1c(Cl)cccc1Cl)C(=O)CN(c1ccc(Cl)cc1)S(=O)(=O)c1ccc(OC)c(OC)c1. The minimum atomic E-state index is -4.35. The molecule has 1 atom stereocenters. The lowest BCUT2D eigenvalue weighted by atomic mass is 10.1.